The number of hydrogen-bond acceptors (Lipinski definition) is 2. The highest BCUT2D eigenvalue weighted by Gasteiger charge is 2.11. The van der Waals surface area contributed by atoms with Crippen molar-refractivity contribution in [1.29, 1.82) is 5.26 Å². The summed E-state index contributed by atoms with van der Waals surface area (Å²) in [5.41, 5.74) is 0.458. The third-order valence-corrected chi connectivity index (χ3v) is 3.23. The lowest BCUT2D eigenvalue weighted by molar-refractivity contribution is 0.596. The van der Waals surface area contributed by atoms with Crippen LogP contribution in [0.1, 0.15) is 16.7 Å². The van der Waals surface area contributed by atoms with Crippen molar-refractivity contribution >= 4 is 11.6 Å². The van der Waals surface area contributed by atoms with Gasteiger partial charge in [-0.05, 0) is 30.7 Å². The summed E-state index contributed by atoms with van der Waals surface area (Å²) in [4.78, 5) is 12.0. The van der Waals surface area contributed by atoms with E-state index in [-0.39, 0.29) is 22.7 Å². The van der Waals surface area contributed by atoms with Gasteiger partial charge in [-0.2, -0.15) is 5.26 Å². The fourth-order valence-corrected chi connectivity index (χ4v) is 2.00. The summed E-state index contributed by atoms with van der Waals surface area (Å²) in [7, 11) is 0. The summed E-state index contributed by atoms with van der Waals surface area (Å²) in [5.74, 6) is -0.474. The van der Waals surface area contributed by atoms with Crippen LogP contribution in [-0.4, -0.2) is 4.57 Å². The summed E-state index contributed by atoms with van der Waals surface area (Å²) in [5, 5.41) is 9.19. The first kappa shape index (κ1) is 13.3. The van der Waals surface area contributed by atoms with E-state index in [0.29, 0.717) is 5.56 Å². The zero-order valence-corrected chi connectivity index (χ0v) is 10.9. The topological polar surface area (TPSA) is 45.8 Å². The highest BCUT2D eigenvalue weighted by Crippen LogP contribution is 2.19. The predicted octanol–water partition coefficient (Wildman–Crippen LogP) is 2.87. The van der Waals surface area contributed by atoms with Gasteiger partial charge in [0, 0.05) is 16.8 Å². The average Bonchev–Trinajstić information content (AvgIpc) is 2.37. The van der Waals surface area contributed by atoms with E-state index in [0.717, 1.165) is 0 Å². The van der Waals surface area contributed by atoms with E-state index in [1.165, 1.54) is 22.9 Å². The van der Waals surface area contributed by atoms with E-state index in [2.05, 4.69) is 0 Å². The lowest BCUT2D eigenvalue weighted by Crippen LogP contribution is -2.24. The fourth-order valence-electron chi connectivity index (χ4n) is 1.78. The number of benzene rings is 1. The lowest BCUT2D eigenvalue weighted by Gasteiger charge is -2.09. The van der Waals surface area contributed by atoms with Crippen LogP contribution in [0.5, 0.6) is 0 Å². The minimum absolute atomic E-state index is 0.000694. The van der Waals surface area contributed by atoms with Crippen molar-refractivity contribution in [3.05, 3.63) is 68.3 Å². The fraction of sp³-hybridized carbons (Fsp3) is 0.143. The maximum absolute atomic E-state index is 13.7. The molecule has 0 unspecified atom stereocenters. The van der Waals surface area contributed by atoms with Crippen LogP contribution in [0.15, 0.2) is 35.3 Å². The Balaban J connectivity index is 2.52. The van der Waals surface area contributed by atoms with Gasteiger partial charge in [0.25, 0.3) is 5.56 Å². The molecular weight excluding hydrogens is 267 g/mol. The Bertz CT molecular complexity index is 711. The Morgan fingerprint density at radius 2 is 2.16 bits per heavy atom. The standard InChI is InChI=1S/C14H10ClFN2O/c1-9-5-6-18(14(19)10(9)7-17)8-11-12(15)3-2-4-13(11)16/h2-6H,8H2,1H3. The maximum Gasteiger partial charge on any atom is 0.269 e. The first-order valence-electron chi connectivity index (χ1n) is 5.57. The van der Waals surface area contributed by atoms with E-state index in [1.807, 2.05) is 6.07 Å². The molecular formula is C14H10ClFN2O. The summed E-state index contributed by atoms with van der Waals surface area (Å²) < 4.78 is 14.9. The van der Waals surface area contributed by atoms with Crippen LogP contribution in [0.2, 0.25) is 5.02 Å². The molecule has 5 heteroatoms. The number of hydrogen-bond donors (Lipinski definition) is 0. The molecule has 2 aromatic rings. The molecule has 0 radical (unpaired) electrons. The largest absolute Gasteiger partial charge is 0.310 e. The normalized spacial score (nSPS) is 10.2. The van der Waals surface area contributed by atoms with Crippen LogP contribution in [0.25, 0.3) is 0 Å². The zero-order valence-electron chi connectivity index (χ0n) is 10.2. The van der Waals surface area contributed by atoms with Crippen LogP contribution in [0.4, 0.5) is 4.39 Å². The molecule has 0 atom stereocenters. The smallest absolute Gasteiger partial charge is 0.269 e. The molecule has 96 valence electrons. The van der Waals surface area contributed by atoms with Gasteiger partial charge in [0.1, 0.15) is 17.4 Å². The summed E-state index contributed by atoms with van der Waals surface area (Å²) in [6.45, 7) is 1.68. The Morgan fingerprint density at radius 3 is 2.79 bits per heavy atom. The minimum atomic E-state index is -0.474. The molecule has 1 aromatic heterocycles. The molecule has 1 aromatic carbocycles. The first-order chi connectivity index (χ1) is 9.04. The van der Waals surface area contributed by atoms with Crippen molar-refractivity contribution in [2.24, 2.45) is 0 Å². The third-order valence-electron chi connectivity index (χ3n) is 2.88. The number of nitriles is 1. The predicted molar refractivity (Wildman–Crippen MR) is 70.7 cm³/mol. The van der Waals surface area contributed by atoms with Gasteiger partial charge in [0.05, 0.1) is 6.54 Å². The van der Waals surface area contributed by atoms with Crippen molar-refractivity contribution in [2.45, 2.75) is 13.5 Å². The number of halogens is 2. The highest BCUT2D eigenvalue weighted by molar-refractivity contribution is 6.31. The highest BCUT2D eigenvalue weighted by atomic mass is 35.5. The van der Waals surface area contributed by atoms with Crippen molar-refractivity contribution in [3.63, 3.8) is 0 Å². The Labute approximate surface area is 114 Å². The molecule has 0 amide bonds. The molecule has 0 aliphatic rings. The summed E-state index contributed by atoms with van der Waals surface area (Å²) in [6.07, 6.45) is 1.53. The average molecular weight is 277 g/mol. The van der Waals surface area contributed by atoms with Gasteiger partial charge in [-0.15, -0.1) is 0 Å². The van der Waals surface area contributed by atoms with Crippen LogP contribution in [0, 0.1) is 24.1 Å². The molecule has 19 heavy (non-hydrogen) atoms. The molecule has 2 rings (SSSR count). The van der Waals surface area contributed by atoms with Gasteiger partial charge in [-0.25, -0.2) is 4.39 Å². The van der Waals surface area contributed by atoms with Gasteiger partial charge in [-0.3, -0.25) is 4.79 Å². The number of nitrogens with zero attached hydrogens (tertiary/aromatic N) is 2. The SMILES string of the molecule is Cc1ccn(Cc2c(F)cccc2Cl)c(=O)c1C#N. The number of aromatic nitrogens is 1. The van der Waals surface area contributed by atoms with Crippen LogP contribution in [-0.2, 0) is 6.54 Å². The second-order valence-corrected chi connectivity index (χ2v) is 4.53. The molecule has 0 fully saturated rings. The van der Waals surface area contributed by atoms with E-state index in [9.17, 15) is 9.18 Å². The summed E-state index contributed by atoms with van der Waals surface area (Å²) >= 11 is 5.92. The second-order valence-electron chi connectivity index (χ2n) is 4.12. The maximum atomic E-state index is 13.7. The molecule has 0 saturated carbocycles. The molecule has 0 aliphatic heterocycles. The Morgan fingerprint density at radius 1 is 1.42 bits per heavy atom. The molecule has 0 saturated heterocycles. The van der Waals surface area contributed by atoms with Crippen LogP contribution >= 0.6 is 11.6 Å². The summed E-state index contributed by atoms with van der Waals surface area (Å²) in [6, 6.07) is 7.85. The molecule has 0 spiro atoms. The quantitative estimate of drug-likeness (QED) is 0.847. The number of aryl methyl sites for hydroxylation is 1. The van der Waals surface area contributed by atoms with Crippen molar-refractivity contribution in [1.82, 2.24) is 4.57 Å². The molecule has 3 nitrogen and oxygen atoms in total. The van der Waals surface area contributed by atoms with Crippen LogP contribution < -0.4 is 5.56 Å². The minimum Gasteiger partial charge on any atom is -0.310 e. The van der Waals surface area contributed by atoms with Gasteiger partial charge in [-0.1, -0.05) is 17.7 Å². The van der Waals surface area contributed by atoms with E-state index < -0.39 is 11.4 Å². The van der Waals surface area contributed by atoms with Crippen molar-refractivity contribution < 1.29 is 4.39 Å². The molecule has 0 bridgehead atoms. The Hall–Kier alpha value is -2.12. The van der Waals surface area contributed by atoms with Gasteiger partial charge < -0.3 is 4.57 Å². The van der Waals surface area contributed by atoms with Crippen LogP contribution in [0.3, 0.4) is 0 Å². The zero-order chi connectivity index (χ0) is 14.0. The second kappa shape index (κ2) is 5.25. The lowest BCUT2D eigenvalue weighted by atomic mass is 10.1. The first-order valence-corrected chi connectivity index (χ1v) is 5.95. The Kier molecular flexibility index (Phi) is 3.68. The van der Waals surface area contributed by atoms with Gasteiger partial charge in [0.15, 0.2) is 0 Å². The monoisotopic (exact) mass is 276 g/mol. The molecule has 0 aliphatic carbocycles. The number of pyridine rings is 1. The third kappa shape index (κ3) is 2.51. The van der Waals surface area contributed by atoms with Gasteiger partial charge >= 0.3 is 0 Å². The van der Waals surface area contributed by atoms with E-state index >= 15 is 0 Å². The molecule has 1 heterocycles. The van der Waals surface area contributed by atoms with Crippen molar-refractivity contribution in [3.8, 4) is 6.07 Å². The molecule has 0 N–H and O–H groups in total. The van der Waals surface area contributed by atoms with Gasteiger partial charge in [0.2, 0.25) is 0 Å². The number of rotatable bonds is 2. The van der Waals surface area contributed by atoms with E-state index in [1.54, 1.807) is 19.1 Å². The van der Waals surface area contributed by atoms with Crippen molar-refractivity contribution in [2.75, 3.05) is 0 Å². The van der Waals surface area contributed by atoms with E-state index in [4.69, 9.17) is 16.9 Å².